The van der Waals surface area contributed by atoms with E-state index in [0.717, 1.165) is 9.87 Å². The monoisotopic (exact) mass is 617 g/mol. The third-order valence-corrected chi connectivity index (χ3v) is 8.85. The molecular weight excluding hydrogens is 581 g/mol. The van der Waals surface area contributed by atoms with Crippen LogP contribution in [0, 0.1) is 5.82 Å². The van der Waals surface area contributed by atoms with Crippen molar-refractivity contribution in [2.45, 2.75) is 37.2 Å². The zero-order chi connectivity index (χ0) is 31.5. The van der Waals surface area contributed by atoms with Gasteiger partial charge in [-0.1, -0.05) is 67.6 Å². The van der Waals surface area contributed by atoms with Gasteiger partial charge in [0.15, 0.2) is 0 Å². The Morgan fingerprint density at radius 1 is 0.841 bits per heavy atom. The maximum Gasteiger partial charge on any atom is 0.264 e. The fourth-order valence-electron chi connectivity index (χ4n) is 4.70. The van der Waals surface area contributed by atoms with Gasteiger partial charge in [-0.05, 0) is 66.1 Å². The Morgan fingerprint density at radius 2 is 1.45 bits per heavy atom. The van der Waals surface area contributed by atoms with Crippen molar-refractivity contribution in [3.8, 4) is 5.75 Å². The maximum absolute atomic E-state index is 14.3. The first-order valence-electron chi connectivity index (χ1n) is 14.3. The highest BCUT2D eigenvalue weighted by molar-refractivity contribution is 7.92. The lowest BCUT2D eigenvalue weighted by Crippen LogP contribution is -2.53. The van der Waals surface area contributed by atoms with Crippen molar-refractivity contribution in [1.29, 1.82) is 0 Å². The molecule has 0 heterocycles. The van der Waals surface area contributed by atoms with Gasteiger partial charge < -0.3 is 15.0 Å². The molecule has 0 unspecified atom stereocenters. The summed E-state index contributed by atoms with van der Waals surface area (Å²) in [6, 6.07) is 28.2. The van der Waals surface area contributed by atoms with Gasteiger partial charge in [0, 0.05) is 19.5 Å². The van der Waals surface area contributed by atoms with Crippen molar-refractivity contribution in [3.63, 3.8) is 0 Å². The zero-order valence-corrected chi connectivity index (χ0v) is 25.5. The lowest BCUT2D eigenvalue weighted by atomic mass is 10.0. The molecule has 1 N–H and O–H groups in total. The second-order valence-electron chi connectivity index (χ2n) is 10.2. The molecule has 0 aromatic heterocycles. The van der Waals surface area contributed by atoms with E-state index < -0.39 is 34.3 Å². The van der Waals surface area contributed by atoms with Crippen LogP contribution in [0.25, 0.3) is 0 Å². The summed E-state index contributed by atoms with van der Waals surface area (Å²) in [6.07, 6.45) is 0.886. The second-order valence-corrected chi connectivity index (χ2v) is 12.0. The molecule has 4 aromatic carbocycles. The second kappa shape index (κ2) is 15.2. The number of para-hydroxylation sites is 1. The largest absolute Gasteiger partial charge is 0.497 e. The van der Waals surface area contributed by atoms with Crippen molar-refractivity contribution in [2.24, 2.45) is 0 Å². The van der Waals surface area contributed by atoms with Gasteiger partial charge in [0.25, 0.3) is 10.0 Å². The number of nitrogens with one attached hydrogen (secondary N) is 1. The van der Waals surface area contributed by atoms with Crippen LogP contribution < -0.4 is 14.4 Å². The smallest absolute Gasteiger partial charge is 0.264 e. The van der Waals surface area contributed by atoms with E-state index in [0.29, 0.717) is 24.3 Å². The van der Waals surface area contributed by atoms with Gasteiger partial charge in [-0.2, -0.15) is 0 Å². The molecule has 0 radical (unpaired) electrons. The number of rotatable bonds is 14. The fourth-order valence-corrected chi connectivity index (χ4v) is 6.12. The van der Waals surface area contributed by atoms with Crippen molar-refractivity contribution >= 4 is 27.5 Å². The van der Waals surface area contributed by atoms with E-state index in [1.165, 1.54) is 48.4 Å². The Kier molecular flexibility index (Phi) is 11.1. The van der Waals surface area contributed by atoms with Crippen LogP contribution in [0.2, 0.25) is 0 Å². The standard InChI is InChI=1S/C34H36FN3O5S/c1-3-22-36-34(40)32(23-26-10-6-4-7-11-26)37(24-27-14-16-28(35)17-15-27)33(39)25-38(29-12-8-5-9-13-29)44(41,42)31-20-18-30(43-2)19-21-31/h4-21,32H,3,22-25H2,1-2H3,(H,36,40)/t32-/m1/s1. The van der Waals surface area contributed by atoms with Crippen molar-refractivity contribution < 1.29 is 27.1 Å². The van der Waals surface area contributed by atoms with Crippen LogP contribution in [0.3, 0.4) is 0 Å². The third kappa shape index (κ3) is 8.23. The topological polar surface area (TPSA) is 96.0 Å². The average Bonchev–Trinajstić information content (AvgIpc) is 3.05. The summed E-state index contributed by atoms with van der Waals surface area (Å²) in [7, 11) is -2.74. The van der Waals surface area contributed by atoms with E-state index in [4.69, 9.17) is 4.74 Å². The molecule has 8 nitrogen and oxygen atoms in total. The molecule has 10 heteroatoms. The predicted molar refractivity (Wildman–Crippen MR) is 168 cm³/mol. The predicted octanol–water partition coefficient (Wildman–Crippen LogP) is 5.20. The fraction of sp³-hybridized carbons (Fsp3) is 0.235. The summed E-state index contributed by atoms with van der Waals surface area (Å²) in [5.41, 5.74) is 1.70. The minimum absolute atomic E-state index is 0.0263. The number of sulfonamides is 1. The Morgan fingerprint density at radius 3 is 2.05 bits per heavy atom. The molecule has 0 saturated heterocycles. The van der Waals surface area contributed by atoms with Crippen LogP contribution in [0.5, 0.6) is 5.75 Å². The van der Waals surface area contributed by atoms with E-state index in [9.17, 15) is 22.4 Å². The van der Waals surface area contributed by atoms with E-state index in [1.807, 2.05) is 37.3 Å². The number of nitrogens with zero attached hydrogens (tertiary/aromatic N) is 2. The van der Waals surface area contributed by atoms with Crippen molar-refractivity contribution in [3.05, 3.63) is 126 Å². The molecule has 0 bridgehead atoms. The van der Waals surface area contributed by atoms with Crippen LogP contribution in [-0.4, -0.2) is 51.4 Å². The molecular formula is C34H36FN3O5S. The van der Waals surface area contributed by atoms with Gasteiger partial charge in [-0.25, -0.2) is 12.8 Å². The molecule has 0 saturated carbocycles. The Balaban J connectivity index is 1.77. The van der Waals surface area contributed by atoms with Gasteiger partial charge in [0.1, 0.15) is 24.2 Å². The molecule has 44 heavy (non-hydrogen) atoms. The summed E-state index contributed by atoms with van der Waals surface area (Å²) < 4.78 is 48.0. The number of anilines is 1. The van der Waals surface area contributed by atoms with E-state index in [2.05, 4.69) is 5.32 Å². The molecule has 0 aliphatic heterocycles. The number of ether oxygens (including phenoxy) is 1. The summed E-state index contributed by atoms with van der Waals surface area (Å²) in [5.74, 6) is -0.911. The van der Waals surface area contributed by atoms with Crippen LogP contribution in [0.1, 0.15) is 24.5 Å². The Hall–Kier alpha value is -4.70. The number of hydrogen-bond donors (Lipinski definition) is 1. The van der Waals surface area contributed by atoms with Gasteiger partial charge in [0.2, 0.25) is 11.8 Å². The zero-order valence-electron chi connectivity index (χ0n) is 24.7. The normalized spacial score (nSPS) is 11.8. The number of halogens is 1. The lowest BCUT2D eigenvalue weighted by Gasteiger charge is -2.34. The summed E-state index contributed by atoms with van der Waals surface area (Å²) in [6.45, 7) is 1.72. The Labute approximate surface area is 258 Å². The quantitative estimate of drug-likeness (QED) is 0.210. The molecule has 2 amide bonds. The minimum Gasteiger partial charge on any atom is -0.497 e. The first-order chi connectivity index (χ1) is 21.2. The van der Waals surface area contributed by atoms with Crippen molar-refractivity contribution in [1.82, 2.24) is 10.2 Å². The summed E-state index contributed by atoms with van der Waals surface area (Å²) in [4.78, 5) is 29.3. The molecule has 0 spiro atoms. The van der Waals surface area contributed by atoms with E-state index in [1.54, 1.807) is 42.5 Å². The maximum atomic E-state index is 14.3. The first-order valence-corrected chi connectivity index (χ1v) is 15.7. The number of hydrogen-bond acceptors (Lipinski definition) is 5. The molecule has 1 atom stereocenters. The molecule has 230 valence electrons. The number of benzene rings is 4. The van der Waals surface area contributed by atoms with Gasteiger partial charge >= 0.3 is 0 Å². The van der Waals surface area contributed by atoms with Crippen molar-refractivity contribution in [2.75, 3.05) is 24.5 Å². The molecule has 0 aliphatic rings. The molecule has 4 aromatic rings. The highest BCUT2D eigenvalue weighted by atomic mass is 32.2. The highest BCUT2D eigenvalue weighted by Gasteiger charge is 2.34. The third-order valence-electron chi connectivity index (χ3n) is 7.06. The van der Waals surface area contributed by atoms with E-state index in [-0.39, 0.29) is 29.5 Å². The highest BCUT2D eigenvalue weighted by Crippen LogP contribution is 2.26. The number of amides is 2. The summed E-state index contributed by atoms with van der Waals surface area (Å²) in [5, 5.41) is 2.90. The number of methoxy groups -OCH3 is 1. The van der Waals surface area contributed by atoms with Gasteiger partial charge in [-0.15, -0.1) is 0 Å². The van der Waals surface area contributed by atoms with Crippen LogP contribution in [0.4, 0.5) is 10.1 Å². The van der Waals surface area contributed by atoms with Crippen LogP contribution in [-0.2, 0) is 32.6 Å². The molecule has 0 fully saturated rings. The number of carbonyl (C=O) groups is 2. The Bertz CT molecular complexity index is 1620. The molecule has 0 aliphatic carbocycles. The summed E-state index contributed by atoms with van der Waals surface area (Å²) >= 11 is 0. The van der Waals surface area contributed by atoms with Gasteiger partial charge in [-0.3, -0.25) is 13.9 Å². The average molecular weight is 618 g/mol. The molecule has 4 rings (SSSR count). The van der Waals surface area contributed by atoms with Crippen LogP contribution in [0.15, 0.2) is 114 Å². The SMILES string of the molecule is CCCNC(=O)[C@@H](Cc1ccccc1)N(Cc1ccc(F)cc1)C(=O)CN(c1ccccc1)S(=O)(=O)c1ccc(OC)cc1. The van der Waals surface area contributed by atoms with Gasteiger partial charge in [0.05, 0.1) is 17.7 Å². The van der Waals surface area contributed by atoms with E-state index >= 15 is 0 Å². The minimum atomic E-state index is -4.23. The first kappa shape index (κ1) is 32.2. The van der Waals surface area contributed by atoms with Crippen LogP contribution >= 0.6 is 0 Å². The lowest BCUT2D eigenvalue weighted by molar-refractivity contribution is -0.140. The number of carbonyl (C=O) groups excluding carboxylic acids is 2.